The van der Waals surface area contributed by atoms with Crippen LogP contribution in [0.3, 0.4) is 0 Å². The van der Waals surface area contributed by atoms with Crippen molar-refractivity contribution in [3.8, 4) is 0 Å². The lowest BCUT2D eigenvalue weighted by Gasteiger charge is -2.35. The fourth-order valence-corrected chi connectivity index (χ4v) is 5.93. The van der Waals surface area contributed by atoms with Crippen molar-refractivity contribution in [2.24, 2.45) is 0 Å². The Morgan fingerprint density at radius 3 is 2.72 bits per heavy atom. The quantitative estimate of drug-likeness (QED) is 0.259. The second kappa shape index (κ2) is 15.5. The summed E-state index contributed by atoms with van der Waals surface area (Å²) < 4.78 is 16.8. The Hall–Kier alpha value is -2.30. The minimum absolute atomic E-state index is 0.0452. The highest BCUT2D eigenvalue weighted by Gasteiger charge is 2.29. The molecule has 1 amide bonds. The van der Waals surface area contributed by atoms with E-state index in [1.807, 2.05) is 35.2 Å². The number of ether oxygens (including phenoxy) is 3. The highest BCUT2D eigenvalue weighted by atomic mass is 32.1. The molecule has 0 spiro atoms. The summed E-state index contributed by atoms with van der Waals surface area (Å²) in [6.07, 6.45) is 5.77. The van der Waals surface area contributed by atoms with Crippen LogP contribution in [-0.4, -0.2) is 74.0 Å². The molecule has 0 bridgehead atoms. The Kier molecular flexibility index (Phi) is 11.8. The van der Waals surface area contributed by atoms with E-state index in [-0.39, 0.29) is 17.9 Å². The van der Waals surface area contributed by atoms with Gasteiger partial charge in [0.1, 0.15) is 11.5 Å². The molecular weight excluding hydrogens is 516 g/mol. The Morgan fingerprint density at radius 2 is 1.95 bits per heavy atom. The largest absolute Gasteiger partial charge is 0.460 e. The number of benzene rings is 1. The zero-order valence-electron chi connectivity index (χ0n) is 23.0. The summed E-state index contributed by atoms with van der Waals surface area (Å²) in [7, 11) is 0. The first-order valence-corrected chi connectivity index (χ1v) is 15.1. The number of anilines is 1. The molecule has 1 aromatic carbocycles. The molecule has 2 aliphatic rings. The van der Waals surface area contributed by atoms with Crippen molar-refractivity contribution in [3.05, 3.63) is 51.7 Å². The summed E-state index contributed by atoms with van der Waals surface area (Å²) in [6.45, 7) is 7.24. The number of amides is 1. The second-order valence-electron chi connectivity index (χ2n) is 10.3. The molecule has 2 aromatic rings. The number of morpholine rings is 1. The molecule has 0 aliphatic carbocycles. The SMILES string of the molecule is CCCCCC(O)c1ccc(N2C(=O)CCC[C@@H]2COCc2ccc(C(=O)OCCN3CCOCC3)s2)cc1. The van der Waals surface area contributed by atoms with Crippen molar-refractivity contribution in [1.82, 2.24) is 4.90 Å². The molecule has 214 valence electrons. The molecule has 1 unspecified atom stereocenters. The average molecular weight is 559 g/mol. The predicted molar refractivity (Wildman–Crippen MR) is 152 cm³/mol. The van der Waals surface area contributed by atoms with Crippen LogP contribution in [0.5, 0.6) is 0 Å². The number of aliphatic hydroxyl groups excluding tert-OH is 1. The maximum atomic E-state index is 12.9. The molecule has 4 rings (SSSR count). The molecule has 2 aliphatic heterocycles. The number of nitrogens with zero attached hydrogens (tertiary/aromatic N) is 2. The van der Waals surface area contributed by atoms with Gasteiger partial charge in [-0.05, 0) is 49.1 Å². The van der Waals surface area contributed by atoms with Crippen LogP contribution in [0.1, 0.15) is 78.1 Å². The van der Waals surface area contributed by atoms with Gasteiger partial charge < -0.3 is 24.2 Å². The molecule has 2 saturated heterocycles. The maximum Gasteiger partial charge on any atom is 0.348 e. The number of hydrogen-bond acceptors (Lipinski definition) is 8. The predicted octanol–water partition coefficient (Wildman–Crippen LogP) is 4.95. The van der Waals surface area contributed by atoms with Crippen LogP contribution in [0.15, 0.2) is 36.4 Å². The standard InChI is InChI=1S/C30H42N2O6S/c1-2-3-4-7-27(33)23-9-11-24(12-10-23)32-25(6-5-8-29(32)34)21-37-22-26-13-14-28(39-26)30(35)38-20-17-31-15-18-36-19-16-31/h9-14,25,27,33H,2-8,15-22H2,1H3/t25-,27?/m1/s1. The summed E-state index contributed by atoms with van der Waals surface area (Å²) in [4.78, 5) is 30.9. The summed E-state index contributed by atoms with van der Waals surface area (Å²) in [6, 6.07) is 11.4. The summed E-state index contributed by atoms with van der Waals surface area (Å²) in [5.74, 6) is -0.202. The van der Waals surface area contributed by atoms with Gasteiger partial charge in [-0.1, -0.05) is 38.3 Å². The average Bonchev–Trinajstić information content (AvgIpc) is 3.43. The van der Waals surface area contributed by atoms with E-state index in [1.54, 1.807) is 6.07 Å². The van der Waals surface area contributed by atoms with Crippen molar-refractivity contribution in [2.75, 3.05) is 51.0 Å². The Labute approximate surface area is 235 Å². The second-order valence-corrected chi connectivity index (χ2v) is 11.5. The number of carbonyl (C=O) groups is 2. The van der Waals surface area contributed by atoms with E-state index in [4.69, 9.17) is 14.2 Å². The third kappa shape index (κ3) is 8.85. The van der Waals surface area contributed by atoms with Crippen LogP contribution in [0.4, 0.5) is 5.69 Å². The summed E-state index contributed by atoms with van der Waals surface area (Å²) >= 11 is 1.39. The van der Waals surface area contributed by atoms with Crippen LogP contribution in [0, 0.1) is 0 Å². The first-order chi connectivity index (χ1) is 19.0. The monoisotopic (exact) mass is 558 g/mol. The van der Waals surface area contributed by atoms with Crippen molar-refractivity contribution in [1.29, 1.82) is 0 Å². The molecular formula is C30H42N2O6S. The number of aliphatic hydroxyl groups is 1. The van der Waals surface area contributed by atoms with Crippen molar-refractivity contribution < 1.29 is 28.9 Å². The van der Waals surface area contributed by atoms with Crippen molar-refractivity contribution in [3.63, 3.8) is 0 Å². The summed E-state index contributed by atoms with van der Waals surface area (Å²) in [5, 5.41) is 10.5. The highest BCUT2D eigenvalue weighted by Crippen LogP contribution is 2.29. The van der Waals surface area contributed by atoms with E-state index in [2.05, 4.69) is 11.8 Å². The van der Waals surface area contributed by atoms with E-state index in [9.17, 15) is 14.7 Å². The van der Waals surface area contributed by atoms with Crippen LogP contribution in [0.2, 0.25) is 0 Å². The van der Waals surface area contributed by atoms with Gasteiger partial charge in [0.25, 0.3) is 0 Å². The van der Waals surface area contributed by atoms with Crippen molar-refractivity contribution in [2.45, 2.75) is 70.6 Å². The Balaban J connectivity index is 1.24. The van der Waals surface area contributed by atoms with Gasteiger partial charge in [0.15, 0.2) is 0 Å². The van der Waals surface area contributed by atoms with Gasteiger partial charge in [-0.3, -0.25) is 9.69 Å². The van der Waals surface area contributed by atoms with Gasteiger partial charge >= 0.3 is 5.97 Å². The van der Waals surface area contributed by atoms with Gasteiger partial charge in [0.05, 0.1) is 38.6 Å². The van der Waals surface area contributed by atoms with E-state index in [0.29, 0.717) is 31.1 Å². The van der Waals surface area contributed by atoms with Crippen LogP contribution < -0.4 is 4.90 Å². The lowest BCUT2D eigenvalue weighted by Crippen LogP contribution is -2.46. The molecule has 1 aromatic heterocycles. The lowest BCUT2D eigenvalue weighted by molar-refractivity contribution is -0.120. The number of piperidine rings is 1. The third-order valence-electron chi connectivity index (χ3n) is 7.36. The van der Waals surface area contributed by atoms with Gasteiger partial charge in [-0.15, -0.1) is 11.3 Å². The number of carbonyl (C=O) groups excluding carboxylic acids is 2. The number of rotatable bonds is 14. The van der Waals surface area contributed by atoms with Gasteiger partial charge in [-0.25, -0.2) is 4.79 Å². The van der Waals surface area contributed by atoms with E-state index < -0.39 is 6.10 Å². The minimum Gasteiger partial charge on any atom is -0.460 e. The molecule has 0 saturated carbocycles. The number of thiophene rings is 1. The highest BCUT2D eigenvalue weighted by molar-refractivity contribution is 7.13. The topological polar surface area (TPSA) is 88.5 Å². The van der Waals surface area contributed by atoms with E-state index >= 15 is 0 Å². The maximum absolute atomic E-state index is 12.9. The zero-order chi connectivity index (χ0) is 27.5. The normalized spacial score (nSPS) is 19.3. The first-order valence-electron chi connectivity index (χ1n) is 14.3. The summed E-state index contributed by atoms with van der Waals surface area (Å²) in [5.41, 5.74) is 1.73. The number of hydrogen-bond donors (Lipinski definition) is 1. The van der Waals surface area contributed by atoms with E-state index in [0.717, 1.165) is 87.5 Å². The lowest BCUT2D eigenvalue weighted by atomic mass is 9.99. The first kappa shape index (κ1) is 29.7. The van der Waals surface area contributed by atoms with Crippen LogP contribution in [0.25, 0.3) is 0 Å². The molecule has 39 heavy (non-hydrogen) atoms. The third-order valence-corrected chi connectivity index (χ3v) is 8.40. The Bertz CT molecular complexity index is 1040. The smallest absolute Gasteiger partial charge is 0.348 e. The molecule has 8 nitrogen and oxygen atoms in total. The molecule has 2 atom stereocenters. The molecule has 9 heteroatoms. The fraction of sp³-hybridized carbons (Fsp3) is 0.600. The minimum atomic E-state index is -0.473. The fourth-order valence-electron chi connectivity index (χ4n) is 5.09. The van der Waals surface area contributed by atoms with Crippen molar-refractivity contribution >= 4 is 28.9 Å². The van der Waals surface area contributed by atoms with Gasteiger partial charge in [0, 0.05) is 36.6 Å². The zero-order valence-corrected chi connectivity index (χ0v) is 23.8. The van der Waals surface area contributed by atoms with Gasteiger partial charge in [-0.2, -0.15) is 0 Å². The van der Waals surface area contributed by atoms with Gasteiger partial charge in [0.2, 0.25) is 5.91 Å². The molecule has 0 radical (unpaired) electrons. The van der Waals surface area contributed by atoms with E-state index in [1.165, 1.54) is 11.3 Å². The Morgan fingerprint density at radius 1 is 1.15 bits per heavy atom. The molecule has 1 N–H and O–H groups in total. The molecule has 3 heterocycles. The van der Waals surface area contributed by atoms with Crippen LogP contribution >= 0.6 is 11.3 Å². The number of unbranched alkanes of at least 4 members (excludes halogenated alkanes) is 2. The molecule has 2 fully saturated rings. The van der Waals surface area contributed by atoms with Crippen LogP contribution in [-0.2, 0) is 25.6 Å². The number of esters is 1.